The van der Waals surface area contributed by atoms with Gasteiger partial charge in [0.2, 0.25) is 0 Å². The van der Waals surface area contributed by atoms with Crippen LogP contribution in [0.4, 0.5) is 0 Å². The van der Waals surface area contributed by atoms with E-state index in [1.807, 2.05) is 6.92 Å². The Morgan fingerprint density at radius 2 is 1.09 bits per heavy atom. The van der Waals surface area contributed by atoms with E-state index in [1.54, 1.807) is 0 Å². The molecule has 2 nitrogen and oxygen atoms in total. The first kappa shape index (κ1) is 17.3. The fourth-order valence-corrected chi connectivity index (χ4v) is 0.671. The van der Waals surface area contributed by atoms with Gasteiger partial charge in [-0.25, -0.2) is 0 Å². The number of halogens is 1. The molecule has 2 N–H and O–H groups in total. The molecule has 0 aliphatic heterocycles. The van der Waals surface area contributed by atoms with Crippen molar-refractivity contribution in [2.75, 3.05) is 26.2 Å². The van der Waals surface area contributed by atoms with Crippen molar-refractivity contribution in [2.24, 2.45) is 5.73 Å². The zero-order chi connectivity index (χ0) is 8.41. The molecule has 0 aromatic rings. The zero-order valence-electron chi connectivity index (χ0n) is 8.26. The van der Waals surface area contributed by atoms with Crippen molar-refractivity contribution in [1.29, 1.82) is 0 Å². The van der Waals surface area contributed by atoms with E-state index in [4.69, 9.17) is 5.73 Å². The molecule has 0 heterocycles. The number of nitrogens with zero attached hydrogens (tertiary/aromatic N) is 1. The largest absolute Gasteiger partial charge is 0.331 e. The molecule has 3 heteroatoms. The lowest BCUT2D eigenvalue weighted by molar-refractivity contribution is 0.321. The molecule has 0 amide bonds. The lowest BCUT2D eigenvalue weighted by atomic mass is 10.5. The third kappa shape index (κ3) is 17.8. The van der Waals surface area contributed by atoms with Gasteiger partial charge in [0.05, 0.1) is 0 Å². The monoisotopic (exact) mass is 182 g/mol. The first-order valence-corrected chi connectivity index (χ1v) is 4.19. The fraction of sp³-hybridized carbons (Fsp3) is 1.00. The highest BCUT2D eigenvalue weighted by atomic mass is 35.5. The molecule has 0 saturated carbocycles. The molecule has 0 radical (unpaired) electrons. The molecule has 0 aromatic heterocycles. The van der Waals surface area contributed by atoms with Crippen LogP contribution in [0.1, 0.15) is 27.7 Å². The van der Waals surface area contributed by atoms with E-state index in [0.29, 0.717) is 0 Å². The third-order valence-corrected chi connectivity index (χ3v) is 1.34. The summed E-state index contributed by atoms with van der Waals surface area (Å²) in [4.78, 5) is 2.38. The second kappa shape index (κ2) is 16.7. The van der Waals surface area contributed by atoms with Gasteiger partial charge < -0.3 is 10.6 Å². The highest BCUT2D eigenvalue weighted by molar-refractivity contribution is 5.85. The minimum absolute atomic E-state index is 0. The van der Waals surface area contributed by atoms with Gasteiger partial charge >= 0.3 is 0 Å². The maximum absolute atomic E-state index is 4.85. The minimum Gasteiger partial charge on any atom is -0.331 e. The van der Waals surface area contributed by atoms with Crippen LogP contribution in [0.5, 0.6) is 0 Å². The van der Waals surface area contributed by atoms with E-state index >= 15 is 0 Å². The Kier molecular flexibility index (Phi) is 26.3. The van der Waals surface area contributed by atoms with Gasteiger partial charge in [0.25, 0.3) is 0 Å². The van der Waals surface area contributed by atoms with Crippen molar-refractivity contribution in [3.63, 3.8) is 0 Å². The van der Waals surface area contributed by atoms with E-state index in [9.17, 15) is 0 Å². The Labute approximate surface area is 77.6 Å². The zero-order valence-corrected chi connectivity index (χ0v) is 9.08. The molecule has 0 rings (SSSR count). The Balaban J connectivity index is -0.000000140. The van der Waals surface area contributed by atoms with Gasteiger partial charge in [0.15, 0.2) is 0 Å². The molecule has 11 heavy (non-hydrogen) atoms. The Morgan fingerprint density at radius 1 is 0.909 bits per heavy atom. The fourth-order valence-electron chi connectivity index (χ4n) is 0.671. The molecule has 0 fully saturated rings. The summed E-state index contributed by atoms with van der Waals surface area (Å²) in [5, 5.41) is 0. The molecule has 0 aliphatic carbocycles. The maximum Gasteiger partial charge on any atom is -0.00474 e. The molecule has 0 aromatic carbocycles. The predicted molar refractivity (Wildman–Crippen MR) is 55.4 cm³/mol. The number of hydrogen-bond donors (Lipinski definition) is 1. The number of nitrogens with two attached hydrogens (primary N) is 1. The van der Waals surface area contributed by atoms with Crippen LogP contribution in [0, 0.1) is 0 Å². The smallest absolute Gasteiger partial charge is 0.00474 e. The van der Waals surface area contributed by atoms with Gasteiger partial charge in [-0.15, -0.1) is 12.4 Å². The van der Waals surface area contributed by atoms with E-state index in [1.165, 1.54) is 19.6 Å². The second-order valence-corrected chi connectivity index (χ2v) is 2.03. The first-order valence-electron chi connectivity index (χ1n) is 4.19. The van der Waals surface area contributed by atoms with Gasteiger partial charge in [0.1, 0.15) is 0 Å². The SMILES string of the molecule is CCN.CCN(CC)CC.Cl. The molecule has 0 aliphatic rings. The molecule has 0 bridgehead atoms. The molecule has 72 valence electrons. The topological polar surface area (TPSA) is 29.3 Å². The normalized spacial score (nSPS) is 8.18. The standard InChI is InChI=1S/C6H15N.C2H7N.ClH/c1-4-7(5-2)6-3;1-2-3;/h4-6H2,1-3H3;2-3H2,1H3;1H. The lowest BCUT2D eigenvalue weighted by Crippen LogP contribution is -2.21. The van der Waals surface area contributed by atoms with Gasteiger partial charge in [-0.3, -0.25) is 0 Å². The molecule has 0 spiro atoms. The Morgan fingerprint density at radius 3 is 1.09 bits per heavy atom. The van der Waals surface area contributed by atoms with Crippen molar-refractivity contribution in [3.05, 3.63) is 0 Å². The van der Waals surface area contributed by atoms with Crippen LogP contribution >= 0.6 is 12.4 Å². The maximum atomic E-state index is 4.85. The van der Waals surface area contributed by atoms with Crippen LogP contribution in [-0.2, 0) is 0 Å². The average molecular weight is 183 g/mol. The molecule has 0 unspecified atom stereocenters. The van der Waals surface area contributed by atoms with E-state index in [-0.39, 0.29) is 12.4 Å². The van der Waals surface area contributed by atoms with Gasteiger partial charge in [-0.05, 0) is 26.2 Å². The van der Waals surface area contributed by atoms with Gasteiger partial charge in [0, 0.05) is 0 Å². The van der Waals surface area contributed by atoms with Crippen LogP contribution in [0.2, 0.25) is 0 Å². The summed E-state index contributed by atoms with van der Waals surface area (Å²) >= 11 is 0. The molecule has 0 saturated heterocycles. The second-order valence-electron chi connectivity index (χ2n) is 2.03. The Bertz CT molecular complexity index is 41.8. The summed E-state index contributed by atoms with van der Waals surface area (Å²) < 4.78 is 0. The summed E-state index contributed by atoms with van der Waals surface area (Å²) in [7, 11) is 0. The summed E-state index contributed by atoms with van der Waals surface area (Å²) in [6, 6.07) is 0. The highest BCUT2D eigenvalue weighted by Crippen LogP contribution is 1.81. The van der Waals surface area contributed by atoms with E-state index in [0.717, 1.165) is 6.54 Å². The third-order valence-electron chi connectivity index (χ3n) is 1.34. The first-order chi connectivity index (χ1) is 4.76. The van der Waals surface area contributed by atoms with Gasteiger partial charge in [-0.1, -0.05) is 27.7 Å². The molecule has 0 atom stereocenters. The van der Waals surface area contributed by atoms with Crippen molar-refractivity contribution in [3.8, 4) is 0 Å². The van der Waals surface area contributed by atoms with Gasteiger partial charge in [-0.2, -0.15) is 0 Å². The minimum atomic E-state index is 0. The summed E-state index contributed by atoms with van der Waals surface area (Å²) in [6.45, 7) is 12.8. The van der Waals surface area contributed by atoms with Crippen molar-refractivity contribution in [2.45, 2.75) is 27.7 Å². The predicted octanol–water partition coefficient (Wildman–Crippen LogP) is 1.73. The van der Waals surface area contributed by atoms with Crippen molar-refractivity contribution in [1.82, 2.24) is 4.90 Å². The average Bonchev–Trinajstić information content (AvgIpc) is 1.93. The summed E-state index contributed by atoms with van der Waals surface area (Å²) in [6.07, 6.45) is 0. The van der Waals surface area contributed by atoms with Crippen LogP contribution in [0.25, 0.3) is 0 Å². The van der Waals surface area contributed by atoms with Crippen molar-refractivity contribution < 1.29 is 0 Å². The van der Waals surface area contributed by atoms with Crippen LogP contribution in [0.3, 0.4) is 0 Å². The van der Waals surface area contributed by atoms with Crippen LogP contribution in [-0.4, -0.2) is 31.1 Å². The quantitative estimate of drug-likeness (QED) is 0.721. The summed E-state index contributed by atoms with van der Waals surface area (Å²) in [5.41, 5.74) is 4.85. The number of hydrogen-bond acceptors (Lipinski definition) is 2. The number of rotatable bonds is 3. The lowest BCUT2D eigenvalue weighted by Gasteiger charge is -2.13. The highest BCUT2D eigenvalue weighted by Gasteiger charge is 1.89. The summed E-state index contributed by atoms with van der Waals surface area (Å²) in [5.74, 6) is 0. The van der Waals surface area contributed by atoms with E-state index in [2.05, 4.69) is 25.7 Å². The van der Waals surface area contributed by atoms with Crippen LogP contribution in [0.15, 0.2) is 0 Å². The Hall–Kier alpha value is 0.210. The molecular formula is C8H23ClN2. The molecular weight excluding hydrogens is 160 g/mol. The van der Waals surface area contributed by atoms with Crippen LogP contribution < -0.4 is 5.73 Å². The van der Waals surface area contributed by atoms with E-state index < -0.39 is 0 Å². The van der Waals surface area contributed by atoms with Crippen molar-refractivity contribution >= 4 is 12.4 Å².